The molecule has 0 aliphatic carbocycles. The summed E-state index contributed by atoms with van der Waals surface area (Å²) in [5.74, 6) is 0.111. The second-order valence-corrected chi connectivity index (χ2v) is 4.27. The molecule has 2 aromatic rings. The first-order chi connectivity index (χ1) is 8.80. The summed E-state index contributed by atoms with van der Waals surface area (Å²) in [5.41, 5.74) is -0.267. The van der Waals surface area contributed by atoms with E-state index >= 15 is 0 Å². The summed E-state index contributed by atoms with van der Waals surface area (Å²) in [6.07, 6.45) is -3.32. The van der Waals surface area contributed by atoms with Crippen LogP contribution >= 0.6 is 0 Å². The number of aromatic hydroxyl groups is 1. The maximum atomic E-state index is 12.7. The summed E-state index contributed by atoms with van der Waals surface area (Å²) < 4.78 is 43.1. The topological polar surface area (TPSA) is 36.6 Å². The Labute approximate surface area is 107 Å². The average Bonchev–Trinajstić information content (AvgIpc) is 2.70. The minimum Gasteiger partial charge on any atom is -0.504 e. The molecule has 1 N–H and O–H groups in total. The van der Waals surface area contributed by atoms with Crippen molar-refractivity contribution in [2.45, 2.75) is 6.18 Å². The van der Waals surface area contributed by atoms with Gasteiger partial charge in [-0.15, -0.1) is 0 Å². The predicted octanol–water partition coefficient (Wildman–Crippen LogP) is 3.74. The molecule has 0 fully saturated rings. The Morgan fingerprint density at radius 1 is 1.21 bits per heavy atom. The summed E-state index contributed by atoms with van der Waals surface area (Å²) in [6.45, 7) is 0. The van der Waals surface area contributed by atoms with Crippen molar-refractivity contribution in [3.63, 3.8) is 0 Å². The molecule has 6 heteroatoms. The van der Waals surface area contributed by atoms with Crippen molar-refractivity contribution in [2.24, 2.45) is 0 Å². The predicted molar refractivity (Wildman–Crippen MR) is 65.1 cm³/mol. The number of anilines is 1. The fourth-order valence-electron chi connectivity index (χ4n) is 1.79. The van der Waals surface area contributed by atoms with E-state index in [-0.39, 0.29) is 16.9 Å². The average molecular weight is 271 g/mol. The third-order valence-electron chi connectivity index (χ3n) is 2.64. The van der Waals surface area contributed by atoms with Gasteiger partial charge in [0.05, 0.1) is 11.1 Å². The van der Waals surface area contributed by atoms with E-state index in [4.69, 9.17) is 4.42 Å². The Morgan fingerprint density at radius 2 is 1.89 bits per heavy atom. The molecule has 0 bridgehead atoms. The maximum absolute atomic E-state index is 12.7. The molecular weight excluding hydrogens is 259 g/mol. The first-order valence-corrected chi connectivity index (χ1v) is 5.46. The van der Waals surface area contributed by atoms with Gasteiger partial charge in [-0.3, -0.25) is 0 Å². The molecule has 2 rings (SSSR count). The van der Waals surface area contributed by atoms with E-state index < -0.39 is 11.7 Å². The first kappa shape index (κ1) is 13.3. The second kappa shape index (κ2) is 4.53. The van der Waals surface area contributed by atoms with E-state index in [0.717, 1.165) is 18.4 Å². The number of halogens is 3. The smallest absolute Gasteiger partial charge is 0.416 e. The van der Waals surface area contributed by atoms with Crippen LogP contribution in [0.15, 0.2) is 34.9 Å². The van der Waals surface area contributed by atoms with E-state index in [1.165, 1.54) is 12.1 Å². The Bertz CT molecular complexity index is 588. The minimum absolute atomic E-state index is 0.192. The van der Waals surface area contributed by atoms with Gasteiger partial charge in [0.1, 0.15) is 6.26 Å². The molecule has 1 heterocycles. The van der Waals surface area contributed by atoms with Crippen LogP contribution in [0.4, 0.5) is 19.1 Å². The van der Waals surface area contributed by atoms with Gasteiger partial charge in [0.25, 0.3) is 0 Å². The number of hydrogen-bond donors (Lipinski definition) is 1. The van der Waals surface area contributed by atoms with E-state index in [1.807, 2.05) is 0 Å². The molecule has 102 valence electrons. The molecule has 1 aromatic carbocycles. The highest BCUT2D eigenvalue weighted by Gasteiger charge is 2.31. The standard InChI is InChI=1S/C13H12F3NO2/c1-17(2)12-11(10(18)7-19-12)8-4-3-5-9(6-8)13(14,15)16/h3-7,18H,1-2H3. The molecule has 0 atom stereocenters. The Hall–Kier alpha value is -2.11. The van der Waals surface area contributed by atoms with Crippen molar-refractivity contribution in [3.8, 4) is 16.9 Å². The van der Waals surface area contributed by atoms with Crippen LogP contribution in [0.25, 0.3) is 11.1 Å². The lowest BCUT2D eigenvalue weighted by molar-refractivity contribution is -0.137. The van der Waals surface area contributed by atoms with Gasteiger partial charge in [0.15, 0.2) is 5.75 Å². The summed E-state index contributed by atoms with van der Waals surface area (Å²) >= 11 is 0. The zero-order valence-electron chi connectivity index (χ0n) is 10.3. The highest BCUT2D eigenvalue weighted by molar-refractivity contribution is 5.80. The molecule has 0 saturated heterocycles. The van der Waals surface area contributed by atoms with Crippen molar-refractivity contribution in [2.75, 3.05) is 19.0 Å². The molecule has 0 saturated carbocycles. The Balaban J connectivity index is 2.57. The lowest BCUT2D eigenvalue weighted by atomic mass is 10.0. The van der Waals surface area contributed by atoms with Gasteiger partial charge in [-0.1, -0.05) is 12.1 Å². The van der Waals surface area contributed by atoms with Gasteiger partial charge < -0.3 is 14.4 Å². The summed E-state index contributed by atoms with van der Waals surface area (Å²) in [5, 5.41) is 9.73. The Morgan fingerprint density at radius 3 is 2.47 bits per heavy atom. The van der Waals surface area contributed by atoms with E-state index in [1.54, 1.807) is 19.0 Å². The molecule has 0 aliphatic heterocycles. The van der Waals surface area contributed by atoms with Crippen LogP contribution in [0, 0.1) is 0 Å². The molecule has 0 unspecified atom stereocenters. The van der Waals surface area contributed by atoms with Crippen LogP contribution in [0.1, 0.15) is 5.56 Å². The summed E-state index contributed by atoms with van der Waals surface area (Å²) in [7, 11) is 3.35. The largest absolute Gasteiger partial charge is 0.504 e. The third kappa shape index (κ3) is 2.52. The number of hydrogen-bond acceptors (Lipinski definition) is 3. The van der Waals surface area contributed by atoms with E-state index in [0.29, 0.717) is 5.88 Å². The summed E-state index contributed by atoms with van der Waals surface area (Å²) in [4.78, 5) is 1.58. The van der Waals surface area contributed by atoms with Crippen molar-refractivity contribution in [3.05, 3.63) is 36.1 Å². The molecule has 0 radical (unpaired) electrons. The number of benzene rings is 1. The van der Waals surface area contributed by atoms with Gasteiger partial charge in [0, 0.05) is 14.1 Å². The van der Waals surface area contributed by atoms with Crippen molar-refractivity contribution < 1.29 is 22.7 Å². The minimum atomic E-state index is -4.42. The highest BCUT2D eigenvalue weighted by Crippen LogP contribution is 2.41. The fourth-order valence-corrected chi connectivity index (χ4v) is 1.79. The van der Waals surface area contributed by atoms with Gasteiger partial charge in [0.2, 0.25) is 5.88 Å². The third-order valence-corrected chi connectivity index (χ3v) is 2.64. The number of alkyl halides is 3. The van der Waals surface area contributed by atoms with Crippen LogP contribution in [0.2, 0.25) is 0 Å². The summed E-state index contributed by atoms with van der Waals surface area (Å²) in [6, 6.07) is 4.75. The van der Waals surface area contributed by atoms with Crippen LogP contribution < -0.4 is 4.90 Å². The normalized spacial score (nSPS) is 11.6. The van der Waals surface area contributed by atoms with Gasteiger partial charge >= 0.3 is 6.18 Å². The number of nitrogens with zero attached hydrogens (tertiary/aromatic N) is 1. The van der Waals surface area contributed by atoms with Crippen LogP contribution in [0.5, 0.6) is 5.75 Å². The van der Waals surface area contributed by atoms with Gasteiger partial charge in [-0.25, -0.2) is 0 Å². The van der Waals surface area contributed by atoms with Crippen LogP contribution in [-0.4, -0.2) is 19.2 Å². The lowest BCUT2D eigenvalue weighted by Crippen LogP contribution is -2.09. The molecule has 19 heavy (non-hydrogen) atoms. The van der Waals surface area contributed by atoms with Gasteiger partial charge in [-0.2, -0.15) is 13.2 Å². The SMILES string of the molecule is CN(C)c1occ(O)c1-c1cccc(C(F)(F)F)c1. The number of furan rings is 1. The van der Waals surface area contributed by atoms with Crippen LogP contribution in [0.3, 0.4) is 0 Å². The van der Waals surface area contributed by atoms with Crippen LogP contribution in [-0.2, 0) is 6.18 Å². The zero-order chi connectivity index (χ0) is 14.2. The molecule has 3 nitrogen and oxygen atoms in total. The monoisotopic (exact) mass is 271 g/mol. The van der Waals surface area contributed by atoms with Crippen molar-refractivity contribution >= 4 is 5.88 Å². The van der Waals surface area contributed by atoms with Crippen molar-refractivity contribution in [1.82, 2.24) is 0 Å². The van der Waals surface area contributed by atoms with E-state index in [2.05, 4.69) is 0 Å². The Kier molecular flexibility index (Phi) is 3.18. The zero-order valence-corrected chi connectivity index (χ0v) is 10.3. The lowest BCUT2D eigenvalue weighted by Gasteiger charge is -2.13. The first-order valence-electron chi connectivity index (χ1n) is 5.46. The van der Waals surface area contributed by atoms with E-state index in [9.17, 15) is 18.3 Å². The fraction of sp³-hybridized carbons (Fsp3) is 0.231. The maximum Gasteiger partial charge on any atom is 0.416 e. The van der Waals surface area contributed by atoms with Crippen molar-refractivity contribution in [1.29, 1.82) is 0 Å². The molecule has 0 amide bonds. The molecule has 1 aromatic heterocycles. The molecule has 0 spiro atoms. The molecule has 0 aliphatic rings. The number of rotatable bonds is 2. The quantitative estimate of drug-likeness (QED) is 0.904. The van der Waals surface area contributed by atoms with Gasteiger partial charge in [-0.05, 0) is 17.7 Å². The molecular formula is C13H12F3NO2. The highest BCUT2D eigenvalue weighted by atomic mass is 19.4. The second-order valence-electron chi connectivity index (χ2n) is 4.27.